The van der Waals surface area contributed by atoms with E-state index in [1.165, 1.54) is 32.6 Å². The molecule has 11 aromatic rings. The summed E-state index contributed by atoms with van der Waals surface area (Å²) in [6.45, 7) is 0. The van der Waals surface area contributed by atoms with E-state index in [4.69, 9.17) is 9.97 Å². The highest BCUT2D eigenvalue weighted by Crippen LogP contribution is 2.44. The van der Waals surface area contributed by atoms with E-state index in [-0.39, 0.29) is 0 Å². The molecule has 4 heteroatoms. The van der Waals surface area contributed by atoms with Gasteiger partial charge in [-0.2, -0.15) is 0 Å². The Morgan fingerprint density at radius 2 is 0.889 bits per heavy atom. The number of fused-ring (bicyclic) bond motifs is 8. The molecule has 4 nitrogen and oxygen atoms in total. The van der Waals surface area contributed by atoms with E-state index < -0.39 is 0 Å². The number of hydrogen-bond donors (Lipinski definition) is 0. The average molecular weight is 689 g/mol. The summed E-state index contributed by atoms with van der Waals surface area (Å²) in [7, 11) is 0. The minimum Gasteiger partial charge on any atom is -0.309 e. The van der Waals surface area contributed by atoms with Crippen molar-refractivity contribution in [2.24, 2.45) is 0 Å². The van der Waals surface area contributed by atoms with E-state index >= 15 is 0 Å². The second-order valence-corrected chi connectivity index (χ2v) is 13.8. The van der Waals surface area contributed by atoms with Crippen LogP contribution in [0.4, 0.5) is 0 Å². The van der Waals surface area contributed by atoms with Gasteiger partial charge in [-0.25, -0.2) is 9.97 Å². The molecule has 0 radical (unpaired) electrons. The van der Waals surface area contributed by atoms with Crippen molar-refractivity contribution in [1.82, 2.24) is 19.1 Å². The second-order valence-electron chi connectivity index (χ2n) is 13.8. The largest absolute Gasteiger partial charge is 0.309 e. The molecular weight excluding hydrogens is 657 g/mol. The number of para-hydroxylation sites is 4. The van der Waals surface area contributed by atoms with E-state index in [1.54, 1.807) is 0 Å². The molecule has 0 unspecified atom stereocenters. The first-order valence-corrected chi connectivity index (χ1v) is 18.3. The number of benzene rings is 8. The van der Waals surface area contributed by atoms with E-state index in [0.29, 0.717) is 5.82 Å². The Hall–Kier alpha value is -7.30. The van der Waals surface area contributed by atoms with Gasteiger partial charge >= 0.3 is 0 Å². The van der Waals surface area contributed by atoms with Crippen LogP contribution in [-0.2, 0) is 0 Å². The molecule has 0 aliphatic heterocycles. The molecule has 0 bridgehead atoms. The van der Waals surface area contributed by atoms with E-state index in [1.807, 2.05) is 12.1 Å². The Bertz CT molecular complexity index is 3200. The van der Waals surface area contributed by atoms with Crippen LogP contribution >= 0.6 is 0 Å². The molecule has 8 aromatic carbocycles. The molecule has 0 amide bonds. The van der Waals surface area contributed by atoms with E-state index in [0.717, 1.165) is 61.3 Å². The van der Waals surface area contributed by atoms with Gasteiger partial charge in [0.15, 0.2) is 5.82 Å². The van der Waals surface area contributed by atoms with Crippen LogP contribution in [0.3, 0.4) is 0 Å². The van der Waals surface area contributed by atoms with Crippen LogP contribution in [0.5, 0.6) is 0 Å². The van der Waals surface area contributed by atoms with Crippen LogP contribution < -0.4 is 0 Å². The average Bonchev–Trinajstić information content (AvgIpc) is 3.77. The molecule has 0 aliphatic carbocycles. The molecule has 3 heterocycles. The third-order valence-corrected chi connectivity index (χ3v) is 10.7. The Morgan fingerprint density at radius 3 is 1.57 bits per heavy atom. The second kappa shape index (κ2) is 12.1. The van der Waals surface area contributed by atoms with Crippen molar-refractivity contribution in [1.29, 1.82) is 0 Å². The van der Waals surface area contributed by atoms with Gasteiger partial charge in [-0.15, -0.1) is 0 Å². The van der Waals surface area contributed by atoms with Gasteiger partial charge in [-0.05, 0) is 66.2 Å². The molecule has 0 aliphatic rings. The molecule has 3 aromatic heterocycles. The van der Waals surface area contributed by atoms with Crippen LogP contribution in [0.25, 0.3) is 99.7 Å². The fourth-order valence-electron chi connectivity index (χ4n) is 8.37. The van der Waals surface area contributed by atoms with Gasteiger partial charge in [-0.1, -0.05) is 133 Å². The fourth-order valence-corrected chi connectivity index (χ4v) is 8.37. The molecular formula is C50H32N4. The van der Waals surface area contributed by atoms with Crippen molar-refractivity contribution in [3.63, 3.8) is 0 Å². The van der Waals surface area contributed by atoms with Crippen molar-refractivity contribution in [2.45, 2.75) is 0 Å². The summed E-state index contributed by atoms with van der Waals surface area (Å²) in [6.07, 6.45) is 0. The maximum Gasteiger partial charge on any atom is 0.160 e. The predicted octanol–water partition coefficient (Wildman–Crippen LogP) is 12.8. The molecule has 0 saturated heterocycles. The van der Waals surface area contributed by atoms with Gasteiger partial charge in [-0.3, -0.25) is 0 Å². The number of aromatic nitrogens is 4. The summed E-state index contributed by atoms with van der Waals surface area (Å²) in [5, 5.41) is 6.02. The van der Waals surface area contributed by atoms with Crippen molar-refractivity contribution in [3.05, 3.63) is 194 Å². The van der Waals surface area contributed by atoms with E-state index in [2.05, 4.69) is 191 Å². The molecule has 0 spiro atoms. The Morgan fingerprint density at radius 1 is 0.352 bits per heavy atom. The third-order valence-electron chi connectivity index (χ3n) is 10.7. The lowest BCUT2D eigenvalue weighted by molar-refractivity contribution is 1.17. The summed E-state index contributed by atoms with van der Waals surface area (Å²) in [5.74, 6) is 0.703. The topological polar surface area (TPSA) is 35.6 Å². The van der Waals surface area contributed by atoms with Gasteiger partial charge in [0.25, 0.3) is 0 Å². The van der Waals surface area contributed by atoms with Crippen molar-refractivity contribution < 1.29 is 0 Å². The molecule has 0 fully saturated rings. The molecule has 0 saturated carbocycles. The zero-order valence-electron chi connectivity index (χ0n) is 29.3. The zero-order chi connectivity index (χ0) is 35.6. The van der Waals surface area contributed by atoms with Gasteiger partial charge in [0.2, 0.25) is 0 Å². The van der Waals surface area contributed by atoms with Gasteiger partial charge in [0.1, 0.15) is 0 Å². The quantitative estimate of drug-likeness (QED) is 0.180. The normalized spacial score (nSPS) is 11.7. The van der Waals surface area contributed by atoms with Crippen molar-refractivity contribution >= 4 is 54.5 Å². The third kappa shape index (κ3) is 4.64. The first-order valence-electron chi connectivity index (χ1n) is 18.3. The summed E-state index contributed by atoms with van der Waals surface area (Å²) < 4.78 is 4.84. The molecule has 0 N–H and O–H groups in total. The van der Waals surface area contributed by atoms with Crippen LogP contribution in [-0.4, -0.2) is 19.1 Å². The summed E-state index contributed by atoms with van der Waals surface area (Å²) in [6, 6.07) is 69.0. The maximum absolute atomic E-state index is 5.24. The maximum atomic E-state index is 5.24. The summed E-state index contributed by atoms with van der Waals surface area (Å²) >= 11 is 0. The molecule has 54 heavy (non-hydrogen) atoms. The van der Waals surface area contributed by atoms with Crippen LogP contribution in [0.1, 0.15) is 0 Å². The van der Waals surface area contributed by atoms with Crippen LogP contribution in [0, 0.1) is 0 Å². The van der Waals surface area contributed by atoms with Crippen molar-refractivity contribution in [3.8, 4) is 45.1 Å². The molecule has 252 valence electrons. The lowest BCUT2D eigenvalue weighted by Gasteiger charge is -2.16. The number of rotatable bonds is 5. The highest BCUT2D eigenvalue weighted by Gasteiger charge is 2.22. The highest BCUT2D eigenvalue weighted by atomic mass is 15.0. The van der Waals surface area contributed by atoms with Crippen LogP contribution in [0.2, 0.25) is 0 Å². The Labute approximate surface area is 311 Å². The standard InChI is InChI=1S/C50H32N4/c1-4-16-33(17-5-1)40-32-35(50-51-41-25-13-10-22-37(41)49(52-50)34-18-6-2-7-19-34)28-29-44(40)54-43-27-15-12-24-39(43)48-46(54)31-30-45-47(48)38-23-11-14-26-42(38)53(45)36-20-8-3-9-21-36/h1-32H. The van der Waals surface area contributed by atoms with E-state index in [9.17, 15) is 0 Å². The van der Waals surface area contributed by atoms with Crippen LogP contribution in [0.15, 0.2) is 194 Å². The fraction of sp³-hybridized carbons (Fsp3) is 0. The number of nitrogens with zero attached hydrogens (tertiary/aromatic N) is 4. The lowest BCUT2D eigenvalue weighted by Crippen LogP contribution is -2.00. The smallest absolute Gasteiger partial charge is 0.160 e. The molecule has 11 rings (SSSR count). The summed E-state index contributed by atoms with van der Waals surface area (Å²) in [5.41, 5.74) is 13.1. The Balaban J connectivity index is 1.20. The minimum atomic E-state index is 0.703. The minimum absolute atomic E-state index is 0.703. The zero-order valence-corrected chi connectivity index (χ0v) is 29.3. The highest BCUT2D eigenvalue weighted by molar-refractivity contribution is 6.29. The van der Waals surface area contributed by atoms with Crippen molar-refractivity contribution in [2.75, 3.05) is 0 Å². The van der Waals surface area contributed by atoms with Gasteiger partial charge in [0.05, 0.1) is 39.0 Å². The lowest BCUT2D eigenvalue weighted by atomic mass is 9.99. The monoisotopic (exact) mass is 688 g/mol. The Kier molecular flexibility index (Phi) is 6.82. The SMILES string of the molecule is c1ccc(-c2cc(-c3nc(-c4ccccc4)c4ccccc4n3)ccc2-n2c3ccccc3c3c4c5ccccc5n(-c5ccccc5)c4ccc32)cc1. The molecule has 0 atom stereocenters. The summed E-state index contributed by atoms with van der Waals surface area (Å²) in [4.78, 5) is 10.4. The van der Waals surface area contributed by atoms with Gasteiger partial charge in [0, 0.05) is 49.3 Å². The van der Waals surface area contributed by atoms with Gasteiger partial charge < -0.3 is 9.13 Å². The predicted molar refractivity (Wildman–Crippen MR) is 225 cm³/mol. The first kappa shape index (κ1) is 30.3. The number of hydrogen-bond acceptors (Lipinski definition) is 2. The first-order chi connectivity index (χ1) is 26.8.